The van der Waals surface area contributed by atoms with Crippen molar-refractivity contribution < 1.29 is 19.2 Å². The second-order valence-corrected chi connectivity index (χ2v) is 4.72. The lowest BCUT2D eigenvalue weighted by molar-refractivity contribution is -0.384. The Morgan fingerprint density at radius 1 is 1.08 bits per heavy atom. The van der Waals surface area contributed by atoms with Crippen LogP contribution in [0.5, 0.6) is 0 Å². The fourth-order valence-electron chi connectivity index (χ4n) is 1.90. The van der Waals surface area contributed by atoms with Gasteiger partial charge in [-0.15, -0.1) is 0 Å². The van der Waals surface area contributed by atoms with E-state index in [0.717, 1.165) is 0 Å². The number of hydrogen-bond donors (Lipinski definition) is 1. The molecule has 0 saturated heterocycles. The quantitative estimate of drug-likeness (QED) is 0.394. The zero-order chi connectivity index (χ0) is 17.5. The lowest BCUT2D eigenvalue weighted by Crippen LogP contribution is -2.28. The highest BCUT2D eigenvalue weighted by Gasteiger charge is 2.15. The third-order valence-corrected chi connectivity index (χ3v) is 3.10. The molecule has 0 aliphatic carbocycles. The number of rotatable bonds is 5. The first kappa shape index (κ1) is 16.9. The summed E-state index contributed by atoms with van der Waals surface area (Å²) in [6, 6.07) is 13.9. The molecule has 0 atom stereocenters. The second-order valence-electron chi connectivity index (χ2n) is 4.72. The van der Waals surface area contributed by atoms with Crippen LogP contribution < -0.4 is 5.32 Å². The van der Waals surface area contributed by atoms with E-state index in [4.69, 9.17) is 0 Å². The van der Waals surface area contributed by atoms with Crippen LogP contribution in [-0.2, 0) is 9.53 Å². The number of hydrogen-bond acceptors (Lipinski definition) is 5. The first-order chi connectivity index (χ1) is 11.5. The lowest BCUT2D eigenvalue weighted by Gasteiger charge is -2.08. The van der Waals surface area contributed by atoms with E-state index in [2.05, 4.69) is 10.1 Å². The van der Waals surface area contributed by atoms with E-state index in [1.54, 1.807) is 30.3 Å². The number of nitrogens with one attached hydrogen (secondary N) is 1. The van der Waals surface area contributed by atoms with Crippen LogP contribution in [0.2, 0.25) is 0 Å². The molecular formula is C17H14N2O5. The first-order valence-corrected chi connectivity index (χ1v) is 6.92. The molecule has 2 rings (SSSR count). The van der Waals surface area contributed by atoms with Gasteiger partial charge in [-0.05, 0) is 35.9 Å². The third-order valence-electron chi connectivity index (χ3n) is 3.10. The molecule has 0 spiro atoms. The lowest BCUT2D eigenvalue weighted by atomic mass is 10.1. The van der Waals surface area contributed by atoms with Crippen LogP contribution in [-0.4, -0.2) is 23.9 Å². The number of amides is 1. The SMILES string of the molecule is COC(=O)/C(=C\c1ccc([N+](=O)[O-])cc1)NC(=O)c1ccccc1. The molecule has 1 amide bonds. The molecule has 7 heteroatoms. The molecule has 0 unspecified atom stereocenters. The van der Waals surface area contributed by atoms with Gasteiger partial charge in [0, 0.05) is 17.7 Å². The maximum absolute atomic E-state index is 12.2. The van der Waals surface area contributed by atoms with Crippen molar-refractivity contribution in [1.82, 2.24) is 5.32 Å². The van der Waals surface area contributed by atoms with Gasteiger partial charge in [0.25, 0.3) is 11.6 Å². The van der Waals surface area contributed by atoms with Crippen LogP contribution >= 0.6 is 0 Å². The number of benzene rings is 2. The number of esters is 1. The standard InChI is InChI=1S/C17H14N2O5/c1-24-17(21)15(18-16(20)13-5-3-2-4-6-13)11-12-7-9-14(10-8-12)19(22)23/h2-11H,1H3,(H,18,20)/b15-11+. The third kappa shape index (κ3) is 4.26. The molecule has 2 aromatic rings. The van der Waals surface area contributed by atoms with Gasteiger partial charge in [-0.3, -0.25) is 14.9 Å². The van der Waals surface area contributed by atoms with Crippen molar-refractivity contribution in [2.75, 3.05) is 7.11 Å². The Morgan fingerprint density at radius 3 is 2.25 bits per heavy atom. The molecular weight excluding hydrogens is 312 g/mol. The van der Waals surface area contributed by atoms with E-state index in [0.29, 0.717) is 11.1 Å². The average molecular weight is 326 g/mol. The number of nitrogens with zero attached hydrogens (tertiary/aromatic N) is 1. The summed E-state index contributed by atoms with van der Waals surface area (Å²) in [5.41, 5.74) is 0.755. The number of carbonyl (C=O) groups excluding carboxylic acids is 2. The molecule has 122 valence electrons. The summed E-state index contributed by atoms with van der Waals surface area (Å²) in [5.74, 6) is -1.19. The molecule has 7 nitrogen and oxygen atoms in total. The Morgan fingerprint density at radius 2 is 1.71 bits per heavy atom. The molecule has 0 radical (unpaired) electrons. The maximum atomic E-state index is 12.2. The predicted octanol–water partition coefficient (Wildman–Crippen LogP) is 2.54. The highest BCUT2D eigenvalue weighted by atomic mass is 16.6. The molecule has 1 N–H and O–H groups in total. The Kier molecular flexibility index (Phi) is 5.40. The van der Waals surface area contributed by atoms with E-state index < -0.39 is 16.8 Å². The van der Waals surface area contributed by atoms with E-state index in [-0.39, 0.29) is 11.4 Å². The Balaban J connectivity index is 2.26. The van der Waals surface area contributed by atoms with Crippen molar-refractivity contribution in [3.05, 3.63) is 81.5 Å². The molecule has 24 heavy (non-hydrogen) atoms. The molecule has 0 aliphatic heterocycles. The van der Waals surface area contributed by atoms with Gasteiger partial charge in [-0.1, -0.05) is 18.2 Å². The van der Waals surface area contributed by atoms with Crippen LogP contribution in [0.4, 0.5) is 5.69 Å². The number of carbonyl (C=O) groups is 2. The van der Waals surface area contributed by atoms with Gasteiger partial charge >= 0.3 is 5.97 Å². The van der Waals surface area contributed by atoms with Gasteiger partial charge in [-0.2, -0.15) is 0 Å². The minimum atomic E-state index is -0.724. The highest BCUT2D eigenvalue weighted by Crippen LogP contribution is 2.14. The van der Waals surface area contributed by atoms with Gasteiger partial charge in [-0.25, -0.2) is 4.79 Å². The molecule has 0 fully saturated rings. The Hall–Kier alpha value is -3.48. The minimum Gasteiger partial charge on any atom is -0.464 e. The molecule has 0 heterocycles. The average Bonchev–Trinajstić information content (AvgIpc) is 2.61. The van der Waals surface area contributed by atoms with E-state index in [1.807, 2.05) is 0 Å². The largest absolute Gasteiger partial charge is 0.464 e. The second kappa shape index (κ2) is 7.68. The normalized spacial score (nSPS) is 10.8. The van der Waals surface area contributed by atoms with Gasteiger partial charge in [0.2, 0.25) is 0 Å². The van der Waals surface area contributed by atoms with Crippen molar-refractivity contribution in [1.29, 1.82) is 0 Å². The van der Waals surface area contributed by atoms with Crippen molar-refractivity contribution in [2.24, 2.45) is 0 Å². The highest BCUT2D eigenvalue weighted by molar-refractivity contribution is 6.03. The van der Waals surface area contributed by atoms with Crippen LogP contribution in [0.25, 0.3) is 6.08 Å². The number of nitro benzene ring substituents is 1. The smallest absolute Gasteiger partial charge is 0.354 e. The zero-order valence-corrected chi connectivity index (χ0v) is 12.8. The van der Waals surface area contributed by atoms with Gasteiger partial charge in [0.15, 0.2) is 0 Å². The van der Waals surface area contributed by atoms with Crippen LogP contribution in [0, 0.1) is 10.1 Å². The summed E-state index contributed by atoms with van der Waals surface area (Å²) >= 11 is 0. The van der Waals surface area contributed by atoms with Gasteiger partial charge in [0.05, 0.1) is 12.0 Å². The monoisotopic (exact) mass is 326 g/mol. The summed E-state index contributed by atoms with van der Waals surface area (Å²) in [6.45, 7) is 0. The van der Waals surface area contributed by atoms with Crippen molar-refractivity contribution in [3.63, 3.8) is 0 Å². The summed E-state index contributed by atoms with van der Waals surface area (Å²) < 4.78 is 4.65. The minimum absolute atomic E-state index is 0.0693. The predicted molar refractivity (Wildman–Crippen MR) is 87.0 cm³/mol. The molecule has 0 aromatic heterocycles. The summed E-state index contributed by atoms with van der Waals surface area (Å²) in [5, 5.41) is 13.1. The summed E-state index contributed by atoms with van der Waals surface area (Å²) in [6.07, 6.45) is 1.39. The van der Waals surface area contributed by atoms with Crippen LogP contribution in [0.1, 0.15) is 15.9 Å². The van der Waals surface area contributed by atoms with E-state index in [1.165, 1.54) is 37.5 Å². The Bertz CT molecular complexity index is 782. The van der Waals surface area contributed by atoms with Crippen molar-refractivity contribution in [2.45, 2.75) is 0 Å². The van der Waals surface area contributed by atoms with Crippen molar-refractivity contribution in [3.8, 4) is 0 Å². The van der Waals surface area contributed by atoms with Crippen LogP contribution in [0.15, 0.2) is 60.3 Å². The first-order valence-electron chi connectivity index (χ1n) is 6.92. The van der Waals surface area contributed by atoms with Crippen molar-refractivity contribution >= 4 is 23.6 Å². The maximum Gasteiger partial charge on any atom is 0.354 e. The fourth-order valence-corrected chi connectivity index (χ4v) is 1.90. The molecule has 0 bridgehead atoms. The molecule has 2 aromatic carbocycles. The summed E-state index contributed by atoms with van der Waals surface area (Å²) in [4.78, 5) is 34.1. The number of methoxy groups -OCH3 is 1. The van der Waals surface area contributed by atoms with E-state index in [9.17, 15) is 19.7 Å². The van der Waals surface area contributed by atoms with Gasteiger partial charge in [0.1, 0.15) is 5.70 Å². The number of ether oxygens (including phenoxy) is 1. The molecule has 0 saturated carbocycles. The van der Waals surface area contributed by atoms with E-state index >= 15 is 0 Å². The topological polar surface area (TPSA) is 98.5 Å². The Labute approximate surface area is 137 Å². The molecule has 0 aliphatic rings. The zero-order valence-electron chi connectivity index (χ0n) is 12.8. The number of nitro groups is 1. The summed E-state index contributed by atoms with van der Waals surface area (Å²) in [7, 11) is 1.20. The fraction of sp³-hybridized carbons (Fsp3) is 0.0588. The number of non-ortho nitro benzene ring substituents is 1. The van der Waals surface area contributed by atoms with Crippen LogP contribution in [0.3, 0.4) is 0 Å². The van der Waals surface area contributed by atoms with Gasteiger partial charge < -0.3 is 10.1 Å².